The Bertz CT molecular complexity index is 1080. The van der Waals surface area contributed by atoms with Gasteiger partial charge in [-0.3, -0.25) is 9.89 Å². The number of fused-ring (bicyclic) bond motifs is 1. The molecule has 8 nitrogen and oxygen atoms in total. The van der Waals surface area contributed by atoms with Gasteiger partial charge in [-0.05, 0) is 44.7 Å². The second kappa shape index (κ2) is 8.76. The van der Waals surface area contributed by atoms with Gasteiger partial charge < -0.3 is 15.0 Å². The fourth-order valence-corrected chi connectivity index (χ4v) is 4.91. The van der Waals surface area contributed by atoms with E-state index in [1.54, 1.807) is 11.3 Å². The predicted molar refractivity (Wildman–Crippen MR) is 119 cm³/mol. The second-order valence-electron chi connectivity index (χ2n) is 8.07. The smallest absolute Gasteiger partial charge is 0.274 e. The summed E-state index contributed by atoms with van der Waals surface area (Å²) in [7, 11) is 0. The highest BCUT2D eigenvalue weighted by Crippen LogP contribution is 2.27. The number of nitrogens with zero attached hydrogens (tertiary/aromatic N) is 4. The van der Waals surface area contributed by atoms with Crippen molar-refractivity contribution in [3.63, 3.8) is 0 Å². The van der Waals surface area contributed by atoms with Crippen molar-refractivity contribution in [1.82, 2.24) is 25.1 Å². The van der Waals surface area contributed by atoms with Crippen molar-refractivity contribution < 1.29 is 9.53 Å². The van der Waals surface area contributed by atoms with Crippen LogP contribution in [0.1, 0.15) is 58.5 Å². The molecule has 1 aliphatic carbocycles. The Labute approximate surface area is 185 Å². The van der Waals surface area contributed by atoms with Crippen molar-refractivity contribution >= 4 is 28.2 Å². The molecule has 5 rings (SSSR count). The van der Waals surface area contributed by atoms with E-state index >= 15 is 0 Å². The lowest BCUT2D eigenvalue weighted by molar-refractivity contribution is -0.0248. The molecule has 0 unspecified atom stereocenters. The van der Waals surface area contributed by atoms with Crippen molar-refractivity contribution in [2.75, 3.05) is 25.0 Å². The normalized spacial score (nSPS) is 19.0. The molecule has 9 heteroatoms. The molecule has 1 aliphatic heterocycles. The van der Waals surface area contributed by atoms with Gasteiger partial charge in [-0.2, -0.15) is 5.10 Å². The van der Waals surface area contributed by atoms with E-state index in [0.29, 0.717) is 25.4 Å². The van der Waals surface area contributed by atoms with Gasteiger partial charge in [0, 0.05) is 23.2 Å². The average molecular weight is 439 g/mol. The maximum atomic E-state index is 13.3. The number of H-pyrrole nitrogens is 1. The van der Waals surface area contributed by atoms with E-state index in [9.17, 15) is 4.79 Å². The average Bonchev–Trinajstić information content (AvgIpc) is 3.31. The maximum absolute atomic E-state index is 13.3. The van der Waals surface area contributed by atoms with Crippen molar-refractivity contribution in [2.45, 2.75) is 45.1 Å². The first-order valence-corrected chi connectivity index (χ1v) is 11.7. The number of nitrogens with one attached hydrogen (secondary N) is 2. The number of hydrogen-bond donors (Lipinski definition) is 2. The van der Waals surface area contributed by atoms with Crippen LogP contribution in [0.15, 0.2) is 23.6 Å². The van der Waals surface area contributed by atoms with E-state index < -0.39 is 0 Å². The summed E-state index contributed by atoms with van der Waals surface area (Å²) in [5.41, 5.74) is 4.60. The monoisotopic (exact) mass is 438 g/mol. The molecule has 0 bridgehead atoms. The highest BCUT2D eigenvalue weighted by Gasteiger charge is 2.30. The first kappa shape index (κ1) is 20.1. The van der Waals surface area contributed by atoms with Gasteiger partial charge in [0.15, 0.2) is 10.8 Å². The van der Waals surface area contributed by atoms with Crippen LogP contribution in [0.3, 0.4) is 0 Å². The molecular weight excluding hydrogens is 412 g/mol. The molecule has 2 aliphatic rings. The first-order valence-electron chi connectivity index (χ1n) is 10.8. The summed E-state index contributed by atoms with van der Waals surface area (Å²) in [5.74, 6) is 0.705. The maximum Gasteiger partial charge on any atom is 0.274 e. The summed E-state index contributed by atoms with van der Waals surface area (Å²) >= 11 is 1.54. The van der Waals surface area contributed by atoms with Crippen molar-refractivity contribution in [3.05, 3.63) is 51.9 Å². The summed E-state index contributed by atoms with van der Waals surface area (Å²) in [6.45, 7) is 3.47. The zero-order valence-corrected chi connectivity index (χ0v) is 18.4. The van der Waals surface area contributed by atoms with Crippen molar-refractivity contribution in [3.8, 4) is 0 Å². The molecule has 1 atom stereocenters. The van der Waals surface area contributed by atoms with Crippen LogP contribution in [0.2, 0.25) is 0 Å². The minimum absolute atomic E-state index is 0.0137. The van der Waals surface area contributed by atoms with Crippen LogP contribution in [0.5, 0.6) is 0 Å². The predicted octanol–water partition coefficient (Wildman–Crippen LogP) is 3.80. The Morgan fingerprint density at radius 1 is 1.26 bits per heavy atom. The fourth-order valence-electron chi connectivity index (χ4n) is 4.22. The molecule has 0 aromatic carbocycles. The molecule has 3 aromatic heterocycles. The Kier molecular flexibility index (Phi) is 5.69. The van der Waals surface area contributed by atoms with E-state index in [2.05, 4.69) is 20.5 Å². The van der Waals surface area contributed by atoms with E-state index in [4.69, 9.17) is 9.72 Å². The standard InChI is InChI=1S/C22H26N6O2S/c1-14-13-31-22(23-14)25-19-9-5-8-17(24-19)18-12-28(10-11-30-18)21(29)20-15-6-3-2-4-7-16(15)26-27-20/h5,8-9,13,18H,2-4,6-7,10-12H2,1H3,(H,26,27)(H,23,24,25)/t18-/m1/s1. The van der Waals surface area contributed by atoms with E-state index in [-0.39, 0.29) is 12.0 Å². The molecule has 0 spiro atoms. The van der Waals surface area contributed by atoms with Crippen LogP contribution in [0.4, 0.5) is 10.9 Å². The molecule has 0 radical (unpaired) electrons. The number of rotatable bonds is 4. The lowest BCUT2D eigenvalue weighted by atomic mass is 10.1. The number of hydrogen-bond acceptors (Lipinski definition) is 7. The van der Waals surface area contributed by atoms with Gasteiger partial charge in [-0.25, -0.2) is 9.97 Å². The molecule has 3 aromatic rings. The van der Waals surface area contributed by atoms with Gasteiger partial charge in [0.1, 0.15) is 11.9 Å². The molecule has 1 fully saturated rings. The minimum Gasteiger partial charge on any atom is -0.368 e. The van der Waals surface area contributed by atoms with Gasteiger partial charge in [-0.15, -0.1) is 11.3 Å². The number of carbonyl (C=O) groups excluding carboxylic acids is 1. The highest BCUT2D eigenvalue weighted by molar-refractivity contribution is 7.13. The summed E-state index contributed by atoms with van der Waals surface area (Å²) in [4.78, 5) is 24.3. The zero-order chi connectivity index (χ0) is 21.2. The van der Waals surface area contributed by atoms with Crippen LogP contribution in [0.25, 0.3) is 0 Å². The van der Waals surface area contributed by atoms with Crippen LogP contribution in [-0.2, 0) is 17.6 Å². The quantitative estimate of drug-likeness (QED) is 0.602. The van der Waals surface area contributed by atoms with Gasteiger partial charge in [0.05, 0.1) is 24.5 Å². The van der Waals surface area contributed by atoms with Crippen LogP contribution >= 0.6 is 11.3 Å². The third kappa shape index (κ3) is 4.33. The molecular formula is C22H26N6O2S. The third-order valence-electron chi connectivity index (χ3n) is 5.82. The fraction of sp³-hybridized carbons (Fsp3) is 0.455. The number of morpholine rings is 1. The topological polar surface area (TPSA) is 96.0 Å². The van der Waals surface area contributed by atoms with Gasteiger partial charge in [0.25, 0.3) is 5.91 Å². The lowest BCUT2D eigenvalue weighted by Crippen LogP contribution is -2.43. The second-order valence-corrected chi connectivity index (χ2v) is 8.93. The van der Waals surface area contributed by atoms with Gasteiger partial charge in [0.2, 0.25) is 0 Å². The number of aryl methyl sites for hydroxylation is 2. The molecule has 0 saturated carbocycles. The van der Waals surface area contributed by atoms with E-state index in [0.717, 1.165) is 59.3 Å². The van der Waals surface area contributed by atoms with Gasteiger partial charge in [-0.1, -0.05) is 12.5 Å². The summed E-state index contributed by atoms with van der Waals surface area (Å²) in [5, 5.41) is 13.5. The largest absolute Gasteiger partial charge is 0.368 e. The summed E-state index contributed by atoms with van der Waals surface area (Å²) in [6.07, 6.45) is 5.09. The van der Waals surface area contributed by atoms with Crippen molar-refractivity contribution in [2.24, 2.45) is 0 Å². The molecule has 1 saturated heterocycles. The van der Waals surface area contributed by atoms with E-state index in [1.807, 2.05) is 35.4 Å². The third-order valence-corrected chi connectivity index (χ3v) is 6.69. The summed E-state index contributed by atoms with van der Waals surface area (Å²) in [6, 6.07) is 5.80. The summed E-state index contributed by atoms with van der Waals surface area (Å²) < 4.78 is 5.98. The number of aromatic nitrogens is 4. The Hall–Kier alpha value is -2.78. The first-order chi connectivity index (χ1) is 15.2. The highest BCUT2D eigenvalue weighted by atomic mass is 32.1. The number of anilines is 2. The molecule has 1 amide bonds. The number of ether oxygens (including phenoxy) is 1. The minimum atomic E-state index is -0.268. The van der Waals surface area contributed by atoms with E-state index in [1.165, 1.54) is 6.42 Å². The molecule has 31 heavy (non-hydrogen) atoms. The Balaban J connectivity index is 1.31. The van der Waals surface area contributed by atoms with Crippen molar-refractivity contribution in [1.29, 1.82) is 0 Å². The molecule has 4 heterocycles. The number of carbonyl (C=O) groups is 1. The number of pyridine rings is 1. The van der Waals surface area contributed by atoms with Crippen LogP contribution in [-0.4, -0.2) is 50.7 Å². The SMILES string of the molecule is Cc1csc(Nc2cccc([C@H]3CN(C(=O)c4n[nH]c5c4CCCCC5)CCO3)n2)n1. The van der Waals surface area contributed by atoms with Crippen LogP contribution < -0.4 is 5.32 Å². The number of amides is 1. The molecule has 162 valence electrons. The Morgan fingerprint density at radius 3 is 3.03 bits per heavy atom. The van der Waals surface area contributed by atoms with Crippen LogP contribution in [0, 0.1) is 6.92 Å². The number of aromatic amines is 1. The lowest BCUT2D eigenvalue weighted by Gasteiger charge is -2.32. The van der Waals surface area contributed by atoms with Gasteiger partial charge >= 0.3 is 0 Å². The molecule has 2 N–H and O–H groups in total. The number of thiazole rings is 1. The zero-order valence-electron chi connectivity index (χ0n) is 17.6. The Morgan fingerprint density at radius 2 is 2.16 bits per heavy atom.